The third-order valence-corrected chi connectivity index (χ3v) is 5.27. The van der Waals surface area contributed by atoms with E-state index in [-0.39, 0.29) is 6.03 Å². The summed E-state index contributed by atoms with van der Waals surface area (Å²) in [7, 11) is 0. The molecule has 5 heteroatoms. The first-order valence-corrected chi connectivity index (χ1v) is 12.3. The van der Waals surface area contributed by atoms with Gasteiger partial charge < -0.3 is 20.1 Å². The molecule has 0 aliphatic heterocycles. The second-order valence-corrected chi connectivity index (χ2v) is 8.13. The average molecular weight is 441 g/mol. The molecule has 2 rings (SSSR count). The van der Waals surface area contributed by atoms with Gasteiger partial charge in [0.05, 0.1) is 18.9 Å². The van der Waals surface area contributed by atoms with Crippen molar-refractivity contribution in [2.24, 2.45) is 0 Å². The van der Waals surface area contributed by atoms with Crippen LogP contribution in [0, 0.1) is 0 Å². The SMILES string of the molecule is CCCCCCCCCCOc1ccc(NC(=O)Nc2ccccc2OCCCC)cc1. The Hall–Kier alpha value is -2.69. The number of carbonyl (C=O) groups excluding carboxylic acids is 1. The Kier molecular flexibility index (Phi) is 12.8. The van der Waals surface area contributed by atoms with Gasteiger partial charge in [-0.1, -0.05) is 77.3 Å². The number of ether oxygens (including phenoxy) is 2. The Morgan fingerprint density at radius 3 is 2.03 bits per heavy atom. The molecule has 0 radical (unpaired) electrons. The van der Waals surface area contributed by atoms with Crippen molar-refractivity contribution < 1.29 is 14.3 Å². The Morgan fingerprint density at radius 1 is 0.688 bits per heavy atom. The highest BCUT2D eigenvalue weighted by molar-refractivity contribution is 6.00. The smallest absolute Gasteiger partial charge is 0.323 e. The second-order valence-electron chi connectivity index (χ2n) is 8.13. The molecule has 0 saturated carbocycles. The largest absolute Gasteiger partial charge is 0.494 e. The van der Waals surface area contributed by atoms with Crippen LogP contribution < -0.4 is 20.1 Å². The third kappa shape index (κ3) is 10.6. The number of benzene rings is 2. The number of rotatable bonds is 16. The van der Waals surface area contributed by atoms with Crippen LogP contribution in [0.5, 0.6) is 11.5 Å². The van der Waals surface area contributed by atoms with E-state index >= 15 is 0 Å². The summed E-state index contributed by atoms with van der Waals surface area (Å²) in [5.41, 5.74) is 1.37. The first-order valence-electron chi connectivity index (χ1n) is 12.3. The van der Waals surface area contributed by atoms with Gasteiger partial charge in [-0.25, -0.2) is 4.79 Å². The van der Waals surface area contributed by atoms with Crippen LogP contribution in [-0.4, -0.2) is 19.2 Å². The molecule has 0 saturated heterocycles. The zero-order chi connectivity index (χ0) is 22.9. The van der Waals surface area contributed by atoms with Crippen LogP contribution in [0.15, 0.2) is 48.5 Å². The minimum Gasteiger partial charge on any atom is -0.494 e. The van der Waals surface area contributed by atoms with Crippen molar-refractivity contribution in [2.45, 2.75) is 78.1 Å². The van der Waals surface area contributed by atoms with Crippen LogP contribution in [0.4, 0.5) is 16.2 Å². The molecule has 0 fully saturated rings. The summed E-state index contributed by atoms with van der Waals surface area (Å²) in [6.07, 6.45) is 12.3. The Labute approximate surface area is 193 Å². The van der Waals surface area contributed by atoms with Gasteiger partial charge in [0.25, 0.3) is 0 Å². The zero-order valence-electron chi connectivity index (χ0n) is 19.8. The molecule has 176 valence electrons. The van der Waals surface area contributed by atoms with Crippen LogP contribution in [0.25, 0.3) is 0 Å². The van der Waals surface area contributed by atoms with Crippen molar-refractivity contribution >= 4 is 17.4 Å². The Balaban J connectivity index is 1.67. The lowest BCUT2D eigenvalue weighted by molar-refractivity contribution is 0.261. The van der Waals surface area contributed by atoms with Gasteiger partial charge >= 0.3 is 6.03 Å². The fourth-order valence-corrected chi connectivity index (χ4v) is 3.37. The molecular formula is C27H40N2O3. The summed E-state index contributed by atoms with van der Waals surface area (Å²) in [5, 5.41) is 5.72. The highest BCUT2D eigenvalue weighted by Crippen LogP contribution is 2.24. The van der Waals surface area contributed by atoms with Gasteiger partial charge in [0.2, 0.25) is 0 Å². The Morgan fingerprint density at radius 2 is 1.31 bits per heavy atom. The van der Waals surface area contributed by atoms with E-state index in [2.05, 4.69) is 24.5 Å². The Bertz CT molecular complexity index is 762. The van der Waals surface area contributed by atoms with E-state index in [1.165, 1.54) is 44.9 Å². The number of amides is 2. The molecule has 0 unspecified atom stereocenters. The molecule has 5 nitrogen and oxygen atoms in total. The summed E-state index contributed by atoms with van der Waals surface area (Å²) in [6.45, 7) is 5.74. The van der Waals surface area contributed by atoms with Crippen molar-refractivity contribution in [1.82, 2.24) is 0 Å². The van der Waals surface area contributed by atoms with E-state index in [4.69, 9.17) is 9.47 Å². The molecule has 0 spiro atoms. The van der Waals surface area contributed by atoms with Crippen LogP contribution >= 0.6 is 0 Å². The maximum Gasteiger partial charge on any atom is 0.323 e. The molecule has 0 bridgehead atoms. The molecular weight excluding hydrogens is 400 g/mol. The summed E-state index contributed by atoms with van der Waals surface area (Å²) < 4.78 is 11.6. The monoisotopic (exact) mass is 440 g/mol. The molecule has 0 heterocycles. The highest BCUT2D eigenvalue weighted by Gasteiger charge is 2.08. The van der Waals surface area contributed by atoms with Crippen molar-refractivity contribution in [3.8, 4) is 11.5 Å². The van der Waals surface area contributed by atoms with Crippen molar-refractivity contribution in [1.29, 1.82) is 0 Å². The molecule has 2 aromatic carbocycles. The van der Waals surface area contributed by atoms with E-state index in [9.17, 15) is 4.79 Å². The molecule has 0 aromatic heterocycles. The number of hydrogen-bond donors (Lipinski definition) is 2. The lowest BCUT2D eigenvalue weighted by atomic mass is 10.1. The van der Waals surface area contributed by atoms with Gasteiger partial charge in [0.1, 0.15) is 11.5 Å². The number of hydrogen-bond acceptors (Lipinski definition) is 3. The second kappa shape index (κ2) is 16.0. The third-order valence-electron chi connectivity index (χ3n) is 5.27. The highest BCUT2D eigenvalue weighted by atomic mass is 16.5. The molecule has 2 aromatic rings. The number of para-hydroxylation sites is 2. The average Bonchev–Trinajstić information content (AvgIpc) is 2.80. The molecule has 2 amide bonds. The minimum absolute atomic E-state index is 0.302. The summed E-state index contributed by atoms with van der Waals surface area (Å²) in [6, 6.07) is 14.7. The topological polar surface area (TPSA) is 59.6 Å². The fraction of sp³-hybridized carbons (Fsp3) is 0.519. The van der Waals surface area contributed by atoms with Crippen LogP contribution in [0.3, 0.4) is 0 Å². The van der Waals surface area contributed by atoms with Gasteiger partial charge in [-0.05, 0) is 49.2 Å². The number of anilines is 2. The van der Waals surface area contributed by atoms with Crippen molar-refractivity contribution in [3.05, 3.63) is 48.5 Å². The number of unbranched alkanes of at least 4 members (excludes halogenated alkanes) is 8. The summed E-state index contributed by atoms with van der Waals surface area (Å²) in [5.74, 6) is 1.51. The van der Waals surface area contributed by atoms with Gasteiger partial charge in [0, 0.05) is 5.69 Å². The molecule has 0 aliphatic rings. The number of nitrogens with one attached hydrogen (secondary N) is 2. The van der Waals surface area contributed by atoms with E-state index in [1.54, 1.807) is 0 Å². The van der Waals surface area contributed by atoms with Crippen LogP contribution in [0.1, 0.15) is 78.1 Å². The normalized spacial score (nSPS) is 10.6. The van der Waals surface area contributed by atoms with E-state index in [0.717, 1.165) is 31.6 Å². The molecule has 0 aliphatic carbocycles. The van der Waals surface area contributed by atoms with Crippen LogP contribution in [-0.2, 0) is 0 Å². The van der Waals surface area contributed by atoms with Crippen molar-refractivity contribution in [2.75, 3.05) is 23.8 Å². The fourth-order valence-electron chi connectivity index (χ4n) is 3.37. The molecule has 32 heavy (non-hydrogen) atoms. The molecule has 2 N–H and O–H groups in total. The quantitative estimate of drug-likeness (QED) is 0.260. The van der Waals surface area contributed by atoms with Gasteiger partial charge in [-0.3, -0.25) is 0 Å². The number of carbonyl (C=O) groups is 1. The predicted octanol–water partition coefficient (Wildman–Crippen LogP) is 8.03. The van der Waals surface area contributed by atoms with E-state index in [0.29, 0.717) is 23.7 Å². The van der Waals surface area contributed by atoms with Gasteiger partial charge in [-0.2, -0.15) is 0 Å². The van der Waals surface area contributed by atoms with Crippen molar-refractivity contribution in [3.63, 3.8) is 0 Å². The van der Waals surface area contributed by atoms with Crippen LogP contribution in [0.2, 0.25) is 0 Å². The zero-order valence-corrected chi connectivity index (χ0v) is 19.8. The maximum absolute atomic E-state index is 12.4. The maximum atomic E-state index is 12.4. The van der Waals surface area contributed by atoms with E-state index in [1.807, 2.05) is 48.5 Å². The van der Waals surface area contributed by atoms with E-state index < -0.39 is 0 Å². The number of urea groups is 1. The van der Waals surface area contributed by atoms with Gasteiger partial charge in [-0.15, -0.1) is 0 Å². The lowest BCUT2D eigenvalue weighted by Crippen LogP contribution is -2.20. The minimum atomic E-state index is -0.302. The summed E-state index contributed by atoms with van der Waals surface area (Å²) >= 11 is 0. The van der Waals surface area contributed by atoms with Gasteiger partial charge in [0.15, 0.2) is 0 Å². The first kappa shape index (κ1) is 25.6. The lowest BCUT2D eigenvalue weighted by Gasteiger charge is -2.13. The summed E-state index contributed by atoms with van der Waals surface area (Å²) in [4.78, 5) is 12.4. The first-order chi connectivity index (χ1) is 15.7. The standard InChI is InChI=1S/C27H40N2O3/c1-3-5-7-8-9-10-11-14-22-31-24-19-17-23(18-20-24)28-27(30)29-25-15-12-13-16-26(25)32-21-6-4-2/h12-13,15-20H,3-11,14,21-22H2,1-2H3,(H2,28,29,30). The molecule has 0 atom stereocenters. The predicted molar refractivity (Wildman–Crippen MR) is 134 cm³/mol.